The van der Waals surface area contributed by atoms with Crippen LogP contribution in [0.3, 0.4) is 0 Å². The van der Waals surface area contributed by atoms with Crippen LogP contribution < -0.4 is 4.74 Å². The van der Waals surface area contributed by atoms with Gasteiger partial charge in [0.1, 0.15) is 11.9 Å². The summed E-state index contributed by atoms with van der Waals surface area (Å²) in [5.41, 5.74) is 1.97. The number of phenolic OH excluding ortho intramolecular Hbond substituents is 2. The van der Waals surface area contributed by atoms with E-state index in [1.165, 1.54) is 19.6 Å². The molecule has 2 heterocycles. The maximum Gasteiger partial charge on any atom is 0.302 e. The number of rotatable bonds is 7. The number of phenols is 2. The van der Waals surface area contributed by atoms with Crippen molar-refractivity contribution in [2.75, 3.05) is 19.4 Å². The molecule has 0 aromatic heterocycles. The van der Waals surface area contributed by atoms with Gasteiger partial charge < -0.3 is 19.7 Å². The van der Waals surface area contributed by atoms with Crippen molar-refractivity contribution >= 4 is 39.6 Å². The molecule has 1 saturated heterocycles. The van der Waals surface area contributed by atoms with Gasteiger partial charge in [0.25, 0.3) is 0 Å². The maximum atomic E-state index is 13.9. The summed E-state index contributed by atoms with van der Waals surface area (Å²) < 4.78 is 11.1. The predicted molar refractivity (Wildman–Crippen MR) is 158 cm³/mol. The first-order valence-corrected chi connectivity index (χ1v) is 16.4. The summed E-state index contributed by atoms with van der Waals surface area (Å²) >= 11 is 0. The van der Waals surface area contributed by atoms with Crippen LogP contribution >= 0.6 is 21.6 Å². The van der Waals surface area contributed by atoms with E-state index in [0.29, 0.717) is 6.54 Å². The molecule has 4 rings (SSSR count). The van der Waals surface area contributed by atoms with E-state index in [0.717, 1.165) is 56.3 Å². The smallest absolute Gasteiger partial charge is 0.302 e. The number of aromatic hydroxyl groups is 2. The zero-order chi connectivity index (χ0) is 28.0. The number of nitrogens with zero attached hydrogens (tertiary/aromatic N) is 1. The Kier molecular flexibility index (Phi) is 10.3. The average Bonchev–Trinajstić information content (AvgIpc) is 3.60. The van der Waals surface area contributed by atoms with E-state index in [4.69, 9.17) is 9.47 Å². The molecule has 1 aliphatic carbocycles. The number of allylic oxidation sites excluding steroid dienone is 1. The SMILES string of the molecule is CCCC[C@@H]1[C@@H](OC(C)=O)CC(=O)C[C@H](c2cc(O)c(O)c(OC)c2)C2(CCCC2)SSC[C@@H]1C1=CCN=C1. The summed E-state index contributed by atoms with van der Waals surface area (Å²) in [5.74, 6) is 0.143. The molecule has 4 atom stereocenters. The van der Waals surface area contributed by atoms with Gasteiger partial charge in [-0.15, -0.1) is 0 Å². The number of hydrogen-bond donors (Lipinski definition) is 2. The van der Waals surface area contributed by atoms with Crippen molar-refractivity contribution in [1.82, 2.24) is 0 Å². The molecule has 39 heavy (non-hydrogen) atoms. The molecule has 0 amide bonds. The number of aliphatic imine (C=N–C) groups is 1. The number of benzene rings is 1. The van der Waals surface area contributed by atoms with Crippen molar-refractivity contribution in [3.8, 4) is 17.2 Å². The Labute approximate surface area is 239 Å². The summed E-state index contributed by atoms with van der Waals surface area (Å²) in [5, 5.41) is 20.8. The molecule has 2 N–H and O–H groups in total. The first-order valence-electron chi connectivity index (χ1n) is 14.1. The Morgan fingerprint density at radius 3 is 2.62 bits per heavy atom. The van der Waals surface area contributed by atoms with E-state index < -0.39 is 6.10 Å². The van der Waals surface area contributed by atoms with Gasteiger partial charge in [-0.3, -0.25) is 14.6 Å². The highest BCUT2D eigenvalue weighted by Gasteiger charge is 2.46. The fourth-order valence-corrected chi connectivity index (χ4v) is 10.3. The normalized spacial score (nSPS) is 27.3. The highest BCUT2D eigenvalue weighted by Crippen LogP contribution is 2.58. The van der Waals surface area contributed by atoms with Crippen molar-refractivity contribution < 1.29 is 29.3 Å². The minimum Gasteiger partial charge on any atom is -0.504 e. The van der Waals surface area contributed by atoms with E-state index in [2.05, 4.69) is 18.0 Å². The second-order valence-corrected chi connectivity index (χ2v) is 13.7. The molecular formula is C30H41NO6S2. The van der Waals surface area contributed by atoms with Gasteiger partial charge in [0.15, 0.2) is 11.5 Å². The molecule has 9 heteroatoms. The number of hydrogen-bond acceptors (Lipinski definition) is 9. The molecule has 0 bridgehead atoms. The maximum absolute atomic E-state index is 13.9. The number of carbonyl (C=O) groups excluding carboxylic acids is 2. The van der Waals surface area contributed by atoms with Gasteiger partial charge in [-0.25, -0.2) is 0 Å². The first kappa shape index (κ1) is 29.8. The lowest BCUT2D eigenvalue weighted by Crippen LogP contribution is -2.36. The molecule has 1 saturated carbocycles. The molecule has 0 unspecified atom stereocenters. The second kappa shape index (κ2) is 13.5. The Hall–Kier alpha value is -2.13. The zero-order valence-corrected chi connectivity index (χ0v) is 24.8. The number of methoxy groups -OCH3 is 1. The molecular weight excluding hydrogens is 534 g/mol. The molecule has 2 fully saturated rings. The van der Waals surface area contributed by atoms with Crippen LogP contribution in [-0.2, 0) is 14.3 Å². The summed E-state index contributed by atoms with van der Waals surface area (Å²) in [7, 11) is 5.17. The van der Waals surface area contributed by atoms with Crippen LogP contribution in [0.5, 0.6) is 17.2 Å². The molecule has 3 aliphatic rings. The van der Waals surface area contributed by atoms with Crippen molar-refractivity contribution in [2.45, 2.75) is 88.4 Å². The topological polar surface area (TPSA) is 105 Å². The highest BCUT2D eigenvalue weighted by atomic mass is 33.1. The largest absolute Gasteiger partial charge is 0.504 e. The minimum absolute atomic E-state index is 0.0237. The quantitative estimate of drug-likeness (QED) is 0.213. The minimum atomic E-state index is -0.506. The Morgan fingerprint density at radius 2 is 1.97 bits per heavy atom. The standard InChI is InChI=1S/C30H41NO6S2/c1-4-5-8-23-24(20-9-12-31-17-20)18-38-39-30(10-6-7-11-30)25(15-22(33)16-27(23)37-19(2)32)21-13-26(34)29(35)28(14-21)36-3/h9,13-14,17,23-25,27,34-35H,4-8,10-12,15-16,18H2,1-3H3/t23-,24+,25+,27-/m0/s1. The molecule has 1 aromatic carbocycles. The summed E-state index contributed by atoms with van der Waals surface area (Å²) in [6, 6.07) is 3.34. The summed E-state index contributed by atoms with van der Waals surface area (Å²) in [6.45, 7) is 4.24. The third-order valence-electron chi connectivity index (χ3n) is 8.42. The third kappa shape index (κ3) is 6.96. The Bertz CT molecular complexity index is 1100. The van der Waals surface area contributed by atoms with Crippen molar-refractivity contribution in [1.29, 1.82) is 0 Å². The second-order valence-electron chi connectivity index (χ2n) is 11.0. The van der Waals surface area contributed by atoms with Gasteiger partial charge in [-0.1, -0.05) is 60.3 Å². The van der Waals surface area contributed by atoms with Gasteiger partial charge in [0.2, 0.25) is 5.75 Å². The Morgan fingerprint density at radius 1 is 1.21 bits per heavy atom. The fourth-order valence-electron chi connectivity index (χ4n) is 6.46. The number of ketones is 1. The zero-order valence-electron chi connectivity index (χ0n) is 23.2. The summed E-state index contributed by atoms with van der Waals surface area (Å²) in [4.78, 5) is 30.6. The summed E-state index contributed by atoms with van der Waals surface area (Å²) in [6.07, 6.45) is 11.0. The van der Waals surface area contributed by atoms with Crippen LogP contribution in [0, 0.1) is 11.8 Å². The van der Waals surface area contributed by atoms with E-state index >= 15 is 0 Å². The highest BCUT2D eigenvalue weighted by molar-refractivity contribution is 8.77. The number of carbonyl (C=O) groups is 2. The molecule has 2 aliphatic heterocycles. The third-order valence-corrected chi connectivity index (χ3v) is 11.8. The van der Waals surface area contributed by atoms with Gasteiger partial charge in [-0.2, -0.15) is 0 Å². The lowest BCUT2D eigenvalue weighted by Gasteiger charge is -2.37. The molecule has 1 spiro atoms. The van der Waals surface area contributed by atoms with Gasteiger partial charge in [0.05, 0.1) is 13.7 Å². The van der Waals surface area contributed by atoms with Crippen molar-refractivity contribution in [3.63, 3.8) is 0 Å². The molecule has 1 aromatic rings. The van der Waals surface area contributed by atoms with Crippen LogP contribution in [0.25, 0.3) is 0 Å². The molecule has 0 radical (unpaired) electrons. The van der Waals surface area contributed by atoms with Crippen LogP contribution in [-0.4, -0.2) is 58.4 Å². The lowest BCUT2D eigenvalue weighted by molar-refractivity contribution is -0.151. The number of unbranched alkanes of at least 4 members (excludes halogenated alkanes) is 1. The van der Waals surface area contributed by atoms with Crippen LogP contribution in [0.4, 0.5) is 0 Å². The lowest BCUT2D eigenvalue weighted by atomic mass is 9.76. The fraction of sp³-hybridized carbons (Fsp3) is 0.633. The number of Topliss-reactive ketones (excluding diaryl/α,β-unsaturated/α-hetero) is 1. The molecule has 7 nitrogen and oxygen atoms in total. The molecule has 214 valence electrons. The Balaban J connectivity index is 1.77. The predicted octanol–water partition coefficient (Wildman–Crippen LogP) is 6.61. The van der Waals surface area contributed by atoms with Crippen LogP contribution in [0.2, 0.25) is 0 Å². The van der Waals surface area contributed by atoms with E-state index in [1.807, 2.05) is 27.8 Å². The van der Waals surface area contributed by atoms with Gasteiger partial charge >= 0.3 is 5.97 Å². The van der Waals surface area contributed by atoms with Gasteiger partial charge in [0, 0.05) is 54.2 Å². The van der Waals surface area contributed by atoms with Crippen molar-refractivity contribution in [3.05, 3.63) is 29.3 Å². The van der Waals surface area contributed by atoms with E-state index in [-0.39, 0.29) is 64.3 Å². The van der Waals surface area contributed by atoms with Gasteiger partial charge in [-0.05, 0) is 42.5 Å². The number of esters is 1. The van der Waals surface area contributed by atoms with Crippen LogP contribution in [0.15, 0.2) is 28.8 Å². The van der Waals surface area contributed by atoms with Crippen molar-refractivity contribution in [2.24, 2.45) is 16.8 Å². The van der Waals surface area contributed by atoms with E-state index in [1.54, 1.807) is 12.1 Å². The monoisotopic (exact) mass is 575 g/mol. The number of ether oxygens (including phenoxy) is 2. The van der Waals surface area contributed by atoms with E-state index in [9.17, 15) is 19.8 Å². The first-order chi connectivity index (χ1) is 18.8. The average molecular weight is 576 g/mol. The van der Waals surface area contributed by atoms with Crippen LogP contribution in [0.1, 0.15) is 83.1 Å².